The fourth-order valence-corrected chi connectivity index (χ4v) is 2.28. The molecular formula is C16H13BrN4O. The molecule has 110 valence electrons. The van der Waals surface area contributed by atoms with Crippen molar-refractivity contribution in [3.63, 3.8) is 0 Å². The molecule has 5 nitrogen and oxygen atoms in total. The summed E-state index contributed by atoms with van der Waals surface area (Å²) in [6, 6.07) is 13.0. The first-order valence-electron chi connectivity index (χ1n) is 6.68. The summed E-state index contributed by atoms with van der Waals surface area (Å²) in [5.74, 6) is 0.550. The lowest BCUT2D eigenvalue weighted by Crippen LogP contribution is -2.17. The summed E-state index contributed by atoms with van der Waals surface area (Å²) in [4.78, 5) is 20.9. The molecule has 1 N–H and O–H groups in total. The average Bonchev–Trinajstić information content (AvgIpc) is 2.82. The zero-order valence-corrected chi connectivity index (χ0v) is 13.4. The summed E-state index contributed by atoms with van der Waals surface area (Å²) >= 11 is 3.32. The number of nitrogens with zero attached hydrogens (tertiary/aromatic N) is 3. The van der Waals surface area contributed by atoms with Gasteiger partial charge in [0, 0.05) is 22.6 Å². The van der Waals surface area contributed by atoms with Crippen molar-refractivity contribution in [2.24, 2.45) is 4.99 Å². The Bertz CT molecular complexity index is 863. The maximum absolute atomic E-state index is 12.5. The molecule has 1 aromatic carbocycles. The van der Waals surface area contributed by atoms with Crippen LogP contribution < -0.4 is 5.56 Å². The molecule has 3 rings (SSSR count). The van der Waals surface area contributed by atoms with E-state index in [9.17, 15) is 4.79 Å². The summed E-state index contributed by atoms with van der Waals surface area (Å²) in [6.45, 7) is 1.84. The molecule has 0 atom stereocenters. The number of hydrogen-bond donors (Lipinski definition) is 1. The van der Waals surface area contributed by atoms with E-state index >= 15 is 0 Å². The highest BCUT2D eigenvalue weighted by molar-refractivity contribution is 9.10. The quantitative estimate of drug-likeness (QED) is 0.731. The smallest absolute Gasteiger partial charge is 0.280 e. The molecular weight excluding hydrogens is 344 g/mol. The maximum atomic E-state index is 12.5. The van der Waals surface area contributed by atoms with E-state index in [0.29, 0.717) is 11.4 Å². The van der Waals surface area contributed by atoms with E-state index in [0.717, 1.165) is 15.9 Å². The van der Waals surface area contributed by atoms with E-state index in [1.54, 1.807) is 18.5 Å². The average molecular weight is 357 g/mol. The lowest BCUT2D eigenvalue weighted by atomic mass is 10.3. The van der Waals surface area contributed by atoms with Gasteiger partial charge < -0.3 is 0 Å². The molecule has 2 aromatic heterocycles. The minimum atomic E-state index is -0.135. The lowest BCUT2D eigenvalue weighted by Gasteiger charge is -1.99. The number of aliphatic imine (C=N–C) groups is 1. The predicted octanol–water partition coefficient (Wildman–Crippen LogP) is 3.38. The standard InChI is InChI=1S/C16H13BrN4O/c1-11-14(10-19-15-8-7-12(17)9-18-15)16(22)21(20-11)13-5-3-2-4-6-13/h2-10,20H,1H3. The van der Waals surface area contributed by atoms with Gasteiger partial charge in [0.1, 0.15) is 0 Å². The molecule has 0 aliphatic carbocycles. The third-order valence-corrected chi connectivity index (χ3v) is 3.64. The van der Waals surface area contributed by atoms with Gasteiger partial charge in [-0.2, -0.15) is 0 Å². The summed E-state index contributed by atoms with van der Waals surface area (Å²) in [6.07, 6.45) is 3.21. The molecule has 2 heterocycles. The number of rotatable bonds is 3. The molecule has 0 aliphatic heterocycles. The van der Waals surface area contributed by atoms with Crippen LogP contribution in [0.15, 0.2) is 62.9 Å². The zero-order chi connectivity index (χ0) is 15.5. The zero-order valence-electron chi connectivity index (χ0n) is 11.8. The van der Waals surface area contributed by atoms with Crippen molar-refractivity contribution in [2.75, 3.05) is 0 Å². The van der Waals surface area contributed by atoms with Gasteiger partial charge in [-0.1, -0.05) is 18.2 Å². The monoisotopic (exact) mass is 356 g/mol. The molecule has 3 aromatic rings. The number of pyridine rings is 1. The van der Waals surface area contributed by atoms with Gasteiger partial charge in [0.25, 0.3) is 5.56 Å². The largest absolute Gasteiger partial charge is 0.295 e. The Labute approximate surface area is 135 Å². The second-order valence-electron chi connectivity index (χ2n) is 4.72. The van der Waals surface area contributed by atoms with E-state index in [2.05, 4.69) is 31.0 Å². The van der Waals surface area contributed by atoms with Gasteiger partial charge in [0.2, 0.25) is 0 Å². The van der Waals surface area contributed by atoms with Crippen molar-refractivity contribution in [1.82, 2.24) is 14.8 Å². The first-order chi connectivity index (χ1) is 10.6. The first kappa shape index (κ1) is 14.5. The molecule has 0 radical (unpaired) electrons. The first-order valence-corrected chi connectivity index (χ1v) is 7.47. The second-order valence-corrected chi connectivity index (χ2v) is 5.64. The molecule has 6 heteroatoms. The van der Waals surface area contributed by atoms with Gasteiger partial charge >= 0.3 is 0 Å². The summed E-state index contributed by atoms with van der Waals surface area (Å²) < 4.78 is 2.39. The van der Waals surface area contributed by atoms with Gasteiger partial charge in [-0.05, 0) is 47.1 Å². The van der Waals surface area contributed by atoms with E-state index in [1.807, 2.05) is 43.3 Å². The van der Waals surface area contributed by atoms with Crippen molar-refractivity contribution in [3.8, 4) is 5.69 Å². The number of H-pyrrole nitrogens is 1. The van der Waals surface area contributed by atoms with Crippen LogP contribution in [0.2, 0.25) is 0 Å². The number of para-hydroxylation sites is 1. The molecule has 0 saturated heterocycles. The van der Waals surface area contributed by atoms with Crippen LogP contribution in [-0.2, 0) is 0 Å². The van der Waals surface area contributed by atoms with Crippen molar-refractivity contribution in [2.45, 2.75) is 6.92 Å². The van der Waals surface area contributed by atoms with Gasteiger partial charge in [-0.25, -0.2) is 14.7 Å². The molecule has 0 unspecified atom stereocenters. The van der Waals surface area contributed by atoms with Crippen molar-refractivity contribution in [1.29, 1.82) is 0 Å². The van der Waals surface area contributed by atoms with Crippen molar-refractivity contribution >= 4 is 28.0 Å². The van der Waals surface area contributed by atoms with Crippen LogP contribution in [0.25, 0.3) is 5.69 Å². The fraction of sp³-hybridized carbons (Fsp3) is 0.0625. The summed E-state index contributed by atoms with van der Waals surface area (Å²) in [5, 5.41) is 3.06. The summed E-state index contributed by atoms with van der Waals surface area (Å²) in [5.41, 5.74) is 1.94. The Morgan fingerprint density at radius 2 is 2.00 bits per heavy atom. The van der Waals surface area contributed by atoms with Crippen LogP contribution in [0.4, 0.5) is 5.82 Å². The van der Waals surface area contributed by atoms with Crippen LogP contribution >= 0.6 is 15.9 Å². The Morgan fingerprint density at radius 3 is 2.68 bits per heavy atom. The van der Waals surface area contributed by atoms with Crippen LogP contribution in [0.5, 0.6) is 0 Å². The number of halogens is 1. The van der Waals surface area contributed by atoms with Crippen LogP contribution in [0.1, 0.15) is 11.3 Å². The third-order valence-electron chi connectivity index (χ3n) is 3.17. The number of aromatic nitrogens is 3. The van der Waals surface area contributed by atoms with Gasteiger partial charge in [-0.3, -0.25) is 9.89 Å². The number of hydrogen-bond acceptors (Lipinski definition) is 3. The fourth-order valence-electron chi connectivity index (χ4n) is 2.05. The lowest BCUT2D eigenvalue weighted by molar-refractivity contribution is 0.835. The highest BCUT2D eigenvalue weighted by atomic mass is 79.9. The normalized spacial score (nSPS) is 11.2. The molecule has 0 aliphatic rings. The van der Waals surface area contributed by atoms with E-state index in [1.165, 1.54) is 4.68 Å². The third kappa shape index (κ3) is 2.92. The Morgan fingerprint density at radius 1 is 1.23 bits per heavy atom. The van der Waals surface area contributed by atoms with Crippen molar-refractivity contribution < 1.29 is 0 Å². The van der Waals surface area contributed by atoms with Crippen LogP contribution in [0, 0.1) is 6.92 Å². The molecule has 22 heavy (non-hydrogen) atoms. The van der Waals surface area contributed by atoms with E-state index in [-0.39, 0.29) is 5.56 Å². The highest BCUT2D eigenvalue weighted by Crippen LogP contribution is 2.13. The van der Waals surface area contributed by atoms with Gasteiger partial charge in [-0.15, -0.1) is 0 Å². The predicted molar refractivity (Wildman–Crippen MR) is 90.3 cm³/mol. The second kappa shape index (κ2) is 6.11. The van der Waals surface area contributed by atoms with Gasteiger partial charge in [0.15, 0.2) is 5.82 Å². The maximum Gasteiger partial charge on any atom is 0.280 e. The molecule has 0 spiro atoms. The Kier molecular flexibility index (Phi) is 4.02. The van der Waals surface area contributed by atoms with Gasteiger partial charge in [0.05, 0.1) is 11.3 Å². The number of aromatic amines is 1. The number of aryl methyl sites for hydroxylation is 1. The van der Waals surface area contributed by atoms with Crippen LogP contribution in [0.3, 0.4) is 0 Å². The molecule has 0 saturated carbocycles. The Balaban J connectivity index is 1.97. The molecule has 0 bridgehead atoms. The van der Waals surface area contributed by atoms with Crippen LogP contribution in [-0.4, -0.2) is 21.0 Å². The molecule has 0 amide bonds. The van der Waals surface area contributed by atoms with E-state index < -0.39 is 0 Å². The SMILES string of the molecule is Cc1[nH]n(-c2ccccc2)c(=O)c1C=Nc1ccc(Br)cn1. The number of benzene rings is 1. The van der Waals surface area contributed by atoms with E-state index in [4.69, 9.17) is 0 Å². The molecule has 0 fully saturated rings. The minimum Gasteiger partial charge on any atom is -0.295 e. The van der Waals surface area contributed by atoms with Crippen molar-refractivity contribution in [3.05, 3.63) is 74.7 Å². The minimum absolute atomic E-state index is 0.135. The Hall–Kier alpha value is -2.47. The summed E-state index contributed by atoms with van der Waals surface area (Å²) in [7, 11) is 0. The highest BCUT2D eigenvalue weighted by Gasteiger charge is 2.10. The topological polar surface area (TPSA) is 63.0 Å². The number of nitrogens with one attached hydrogen (secondary N) is 1.